The van der Waals surface area contributed by atoms with Gasteiger partial charge in [0.1, 0.15) is 11.8 Å². The van der Waals surface area contributed by atoms with Crippen molar-refractivity contribution in [3.8, 4) is 5.75 Å². The molecular weight excluding hydrogens is 348 g/mol. The molecule has 0 bridgehead atoms. The molecule has 0 N–H and O–H groups in total. The molecule has 0 aromatic heterocycles. The second-order valence-electron chi connectivity index (χ2n) is 7.01. The number of ether oxygens (including phenoxy) is 1. The van der Waals surface area contributed by atoms with Crippen molar-refractivity contribution in [1.82, 2.24) is 9.80 Å². The molecule has 0 aliphatic carbocycles. The van der Waals surface area contributed by atoms with Crippen LogP contribution >= 0.6 is 11.8 Å². The monoisotopic (exact) mass is 376 g/mol. The van der Waals surface area contributed by atoms with Gasteiger partial charge in [0.05, 0.1) is 12.4 Å². The van der Waals surface area contributed by atoms with Crippen LogP contribution in [0.15, 0.2) is 29.2 Å². The zero-order valence-electron chi connectivity index (χ0n) is 15.6. The minimum Gasteiger partial charge on any atom is -0.497 e. The van der Waals surface area contributed by atoms with Crippen molar-refractivity contribution in [3.05, 3.63) is 24.3 Å². The highest BCUT2D eigenvalue weighted by Gasteiger charge is 2.37. The van der Waals surface area contributed by atoms with E-state index in [1.807, 2.05) is 41.0 Å². The smallest absolute Gasteiger partial charge is 0.245 e. The molecule has 1 aromatic carbocycles. The molecule has 26 heavy (non-hydrogen) atoms. The molecule has 142 valence electrons. The van der Waals surface area contributed by atoms with Crippen LogP contribution in [-0.2, 0) is 9.59 Å². The molecule has 0 radical (unpaired) electrons. The molecule has 2 fully saturated rings. The Bertz CT molecular complexity index is 628. The van der Waals surface area contributed by atoms with Crippen molar-refractivity contribution < 1.29 is 14.3 Å². The van der Waals surface area contributed by atoms with E-state index >= 15 is 0 Å². The molecule has 2 atom stereocenters. The third-order valence-electron chi connectivity index (χ3n) is 5.21. The highest BCUT2D eigenvalue weighted by molar-refractivity contribution is 8.00. The van der Waals surface area contributed by atoms with Gasteiger partial charge in [0.25, 0.3) is 0 Å². The molecule has 2 unspecified atom stereocenters. The lowest BCUT2D eigenvalue weighted by molar-refractivity contribution is -0.146. The lowest BCUT2D eigenvalue weighted by atomic mass is 10.0. The van der Waals surface area contributed by atoms with E-state index in [2.05, 4.69) is 0 Å². The number of thioether (sulfide) groups is 1. The summed E-state index contributed by atoms with van der Waals surface area (Å²) in [5.74, 6) is 1.03. The summed E-state index contributed by atoms with van der Waals surface area (Å²) in [7, 11) is 1.64. The van der Waals surface area contributed by atoms with Gasteiger partial charge in [-0.2, -0.15) is 0 Å². The maximum atomic E-state index is 13.1. The maximum Gasteiger partial charge on any atom is 0.245 e. The number of hydrogen-bond donors (Lipinski definition) is 0. The van der Waals surface area contributed by atoms with E-state index in [0.29, 0.717) is 6.54 Å². The first-order chi connectivity index (χ1) is 12.6. The Morgan fingerprint density at radius 1 is 1.08 bits per heavy atom. The summed E-state index contributed by atoms with van der Waals surface area (Å²) in [5.41, 5.74) is 0. The van der Waals surface area contributed by atoms with E-state index in [1.165, 1.54) is 11.8 Å². The molecule has 0 saturated carbocycles. The van der Waals surface area contributed by atoms with Gasteiger partial charge in [-0.05, 0) is 63.3 Å². The number of carbonyl (C=O) groups excluding carboxylic acids is 2. The highest BCUT2D eigenvalue weighted by atomic mass is 32.2. The van der Waals surface area contributed by atoms with Crippen molar-refractivity contribution >= 4 is 23.6 Å². The van der Waals surface area contributed by atoms with Gasteiger partial charge >= 0.3 is 0 Å². The van der Waals surface area contributed by atoms with Crippen molar-refractivity contribution in [3.63, 3.8) is 0 Å². The Morgan fingerprint density at radius 2 is 1.73 bits per heavy atom. The van der Waals surface area contributed by atoms with E-state index in [0.717, 1.165) is 55.8 Å². The van der Waals surface area contributed by atoms with E-state index < -0.39 is 0 Å². The summed E-state index contributed by atoms with van der Waals surface area (Å²) in [6.45, 7) is 4.31. The molecule has 3 rings (SSSR count). The number of hydrogen-bond acceptors (Lipinski definition) is 4. The normalized spacial score (nSPS) is 21.5. The van der Waals surface area contributed by atoms with Gasteiger partial charge in [-0.3, -0.25) is 9.59 Å². The lowest BCUT2D eigenvalue weighted by Crippen LogP contribution is -2.54. The summed E-state index contributed by atoms with van der Waals surface area (Å²) in [5, 5.41) is -0.213. The second kappa shape index (κ2) is 8.80. The number of nitrogens with zero attached hydrogens (tertiary/aromatic N) is 2. The fourth-order valence-corrected chi connectivity index (χ4v) is 4.68. The van der Waals surface area contributed by atoms with Crippen LogP contribution < -0.4 is 4.74 Å². The van der Waals surface area contributed by atoms with Crippen LogP contribution in [0.5, 0.6) is 5.75 Å². The number of methoxy groups -OCH3 is 1. The molecule has 2 aliphatic rings. The average Bonchev–Trinajstić information content (AvgIpc) is 3.22. The first-order valence-electron chi connectivity index (χ1n) is 9.50. The summed E-state index contributed by atoms with van der Waals surface area (Å²) in [6.07, 6.45) is 4.96. The zero-order chi connectivity index (χ0) is 18.5. The first-order valence-corrected chi connectivity index (χ1v) is 10.4. The van der Waals surface area contributed by atoms with Crippen molar-refractivity contribution in [1.29, 1.82) is 0 Å². The van der Waals surface area contributed by atoms with Crippen molar-refractivity contribution in [2.24, 2.45) is 0 Å². The topological polar surface area (TPSA) is 49.9 Å². The Morgan fingerprint density at radius 3 is 2.38 bits per heavy atom. The summed E-state index contributed by atoms with van der Waals surface area (Å²) in [4.78, 5) is 30.8. The quantitative estimate of drug-likeness (QED) is 0.741. The van der Waals surface area contributed by atoms with Gasteiger partial charge in [-0.1, -0.05) is 0 Å². The van der Waals surface area contributed by atoms with Crippen LogP contribution in [0.4, 0.5) is 0 Å². The minimum atomic E-state index is -0.270. The summed E-state index contributed by atoms with van der Waals surface area (Å²) < 4.78 is 5.18. The molecule has 5 nitrogen and oxygen atoms in total. The van der Waals surface area contributed by atoms with Crippen molar-refractivity contribution in [2.75, 3.05) is 26.7 Å². The van der Waals surface area contributed by atoms with E-state index in [1.54, 1.807) is 7.11 Å². The van der Waals surface area contributed by atoms with E-state index in [-0.39, 0.29) is 23.1 Å². The molecule has 2 amide bonds. The second-order valence-corrected chi connectivity index (χ2v) is 8.43. The summed E-state index contributed by atoms with van der Waals surface area (Å²) in [6, 6.07) is 7.47. The number of benzene rings is 1. The van der Waals surface area contributed by atoms with Crippen LogP contribution in [0.1, 0.15) is 39.0 Å². The maximum absolute atomic E-state index is 13.1. The third-order valence-corrected chi connectivity index (χ3v) is 6.31. The fraction of sp³-hybridized carbons (Fsp3) is 0.600. The standard InChI is InChI=1S/C20H28N2O3S/c1-15(26-17-10-8-16(25-2)9-11-17)19(23)22-14-4-3-7-18(22)20(24)21-12-5-6-13-21/h8-11,15,18H,3-7,12-14H2,1-2H3. The fourth-order valence-electron chi connectivity index (χ4n) is 3.74. The predicted octanol–water partition coefficient (Wildman–Crippen LogP) is 3.18. The average molecular weight is 377 g/mol. The molecule has 2 aliphatic heterocycles. The Hall–Kier alpha value is -1.69. The van der Waals surface area contributed by atoms with Crippen LogP contribution in [-0.4, -0.2) is 59.7 Å². The molecule has 2 saturated heterocycles. The third kappa shape index (κ3) is 4.34. The summed E-state index contributed by atoms with van der Waals surface area (Å²) >= 11 is 1.54. The molecule has 2 heterocycles. The van der Waals surface area contributed by atoms with Gasteiger partial charge in [-0.25, -0.2) is 0 Å². The van der Waals surface area contributed by atoms with Crippen LogP contribution in [0.3, 0.4) is 0 Å². The Kier molecular flexibility index (Phi) is 6.46. The number of piperidine rings is 1. The van der Waals surface area contributed by atoms with Gasteiger partial charge in [0.2, 0.25) is 11.8 Å². The Labute approximate surface area is 160 Å². The van der Waals surface area contributed by atoms with Crippen LogP contribution in [0.2, 0.25) is 0 Å². The van der Waals surface area contributed by atoms with Crippen LogP contribution in [0, 0.1) is 0 Å². The predicted molar refractivity (Wildman–Crippen MR) is 103 cm³/mol. The SMILES string of the molecule is COc1ccc(SC(C)C(=O)N2CCCCC2C(=O)N2CCCC2)cc1. The first kappa shape index (κ1) is 19.1. The van der Waals surface area contributed by atoms with E-state index in [4.69, 9.17) is 4.74 Å². The lowest BCUT2D eigenvalue weighted by Gasteiger charge is -2.38. The number of amides is 2. The molecule has 6 heteroatoms. The number of carbonyl (C=O) groups is 2. The Balaban J connectivity index is 1.65. The largest absolute Gasteiger partial charge is 0.497 e. The van der Waals surface area contributed by atoms with Crippen molar-refractivity contribution in [2.45, 2.75) is 55.2 Å². The molecule has 1 aromatic rings. The van der Waals surface area contributed by atoms with Gasteiger partial charge in [-0.15, -0.1) is 11.8 Å². The minimum absolute atomic E-state index is 0.0723. The number of likely N-dealkylation sites (tertiary alicyclic amines) is 2. The van der Waals surface area contributed by atoms with E-state index in [9.17, 15) is 9.59 Å². The van der Waals surface area contributed by atoms with Gasteiger partial charge in [0.15, 0.2) is 0 Å². The highest BCUT2D eigenvalue weighted by Crippen LogP contribution is 2.29. The van der Waals surface area contributed by atoms with Gasteiger partial charge < -0.3 is 14.5 Å². The zero-order valence-corrected chi connectivity index (χ0v) is 16.5. The molecular formula is C20H28N2O3S. The molecule has 0 spiro atoms. The van der Waals surface area contributed by atoms with Crippen LogP contribution in [0.25, 0.3) is 0 Å². The van der Waals surface area contributed by atoms with Gasteiger partial charge in [0, 0.05) is 24.5 Å². The number of rotatable bonds is 5.